The molecule has 0 spiro atoms. The highest BCUT2D eigenvalue weighted by atomic mass is 32.2. The van der Waals surface area contributed by atoms with Gasteiger partial charge in [0.1, 0.15) is 0 Å². The molecule has 0 unspecified atom stereocenters. The van der Waals surface area contributed by atoms with Crippen molar-refractivity contribution in [2.75, 3.05) is 32.1 Å². The Labute approximate surface area is 172 Å². The molecule has 1 saturated carbocycles. The van der Waals surface area contributed by atoms with Crippen LogP contribution in [0.25, 0.3) is 10.9 Å². The van der Waals surface area contributed by atoms with Crippen LogP contribution in [0.2, 0.25) is 0 Å². The molecule has 0 bridgehead atoms. The van der Waals surface area contributed by atoms with E-state index in [4.69, 9.17) is 14.5 Å². The van der Waals surface area contributed by atoms with Crippen LogP contribution in [0.3, 0.4) is 0 Å². The number of ether oxygens (including phenoxy) is 2. The van der Waals surface area contributed by atoms with Gasteiger partial charge in [0, 0.05) is 35.9 Å². The maximum Gasteiger partial charge on any atom is 0.214 e. The molecule has 0 atom stereocenters. The first kappa shape index (κ1) is 20.2. The fourth-order valence-corrected chi connectivity index (χ4v) is 4.02. The van der Waals surface area contributed by atoms with Crippen molar-refractivity contribution in [1.29, 1.82) is 0 Å². The number of benzene rings is 1. The van der Waals surface area contributed by atoms with Gasteiger partial charge in [0.05, 0.1) is 19.2 Å². The number of hydrazine groups is 1. The average Bonchev–Trinajstić information content (AvgIpc) is 3.42. The highest BCUT2D eigenvalue weighted by Crippen LogP contribution is 2.40. The summed E-state index contributed by atoms with van der Waals surface area (Å²) in [5.74, 6) is 2.13. The van der Waals surface area contributed by atoms with Crippen molar-refractivity contribution < 1.29 is 17.9 Å². The van der Waals surface area contributed by atoms with Crippen LogP contribution in [0.15, 0.2) is 12.1 Å². The Morgan fingerprint density at radius 2 is 2.07 bits per heavy atom. The molecule has 1 aromatic carbocycles. The zero-order valence-electron chi connectivity index (χ0n) is 16.6. The van der Waals surface area contributed by atoms with Crippen molar-refractivity contribution in [2.45, 2.75) is 38.5 Å². The van der Waals surface area contributed by atoms with Crippen LogP contribution in [0.5, 0.6) is 11.5 Å². The summed E-state index contributed by atoms with van der Waals surface area (Å²) in [5, 5.41) is 4.78. The van der Waals surface area contributed by atoms with E-state index in [9.17, 15) is 8.42 Å². The second kappa shape index (κ2) is 9.15. The molecule has 158 valence electrons. The zero-order valence-corrected chi connectivity index (χ0v) is 17.5. The maximum atomic E-state index is 10.5. The van der Waals surface area contributed by atoms with E-state index in [0.717, 1.165) is 42.6 Å². The summed E-state index contributed by atoms with van der Waals surface area (Å²) in [4.78, 5) is 7.06. The summed E-state index contributed by atoms with van der Waals surface area (Å²) in [6.07, 6.45) is 6.51. The molecule has 0 radical (unpaired) electrons. The van der Waals surface area contributed by atoms with Gasteiger partial charge in [-0.3, -0.25) is 4.98 Å². The number of aromatic nitrogens is 1. The summed E-state index contributed by atoms with van der Waals surface area (Å²) < 4.78 is 32.4. The topological polar surface area (TPSA) is 102 Å². The predicted molar refractivity (Wildman–Crippen MR) is 113 cm³/mol. The molecule has 29 heavy (non-hydrogen) atoms. The number of pyridine rings is 1. The normalized spacial score (nSPS) is 15.7. The van der Waals surface area contributed by atoms with Crippen LogP contribution in [0.4, 0.5) is 5.69 Å². The molecule has 0 aliphatic heterocycles. The van der Waals surface area contributed by atoms with Crippen molar-refractivity contribution >= 4 is 27.5 Å². The SMILES string of the molecule is COc1cc2c(NCC3CC3)c3c(nc2cc1OCCCNN[SH](=O)=O)CCC3. The first-order valence-corrected chi connectivity index (χ1v) is 11.4. The van der Waals surface area contributed by atoms with E-state index < -0.39 is 10.9 Å². The second-order valence-electron chi connectivity index (χ2n) is 7.61. The molecule has 3 N–H and O–H groups in total. The van der Waals surface area contributed by atoms with E-state index in [2.05, 4.69) is 15.6 Å². The number of rotatable bonds is 11. The summed E-state index contributed by atoms with van der Waals surface area (Å²) in [7, 11) is -0.997. The zero-order chi connectivity index (χ0) is 20.2. The van der Waals surface area contributed by atoms with Gasteiger partial charge in [-0.2, -0.15) is 4.83 Å². The predicted octanol–water partition coefficient (Wildman–Crippen LogP) is 1.94. The van der Waals surface area contributed by atoms with Crippen molar-refractivity contribution in [3.8, 4) is 11.5 Å². The lowest BCUT2D eigenvalue weighted by molar-refractivity contribution is 0.287. The lowest BCUT2D eigenvalue weighted by Crippen LogP contribution is -2.31. The van der Waals surface area contributed by atoms with E-state index in [1.165, 1.54) is 29.8 Å². The minimum absolute atomic E-state index is 0.434. The van der Waals surface area contributed by atoms with Crippen LogP contribution in [0, 0.1) is 5.92 Å². The quantitative estimate of drug-likeness (QED) is 0.250. The Bertz CT molecular complexity index is 951. The van der Waals surface area contributed by atoms with Gasteiger partial charge < -0.3 is 14.8 Å². The van der Waals surface area contributed by atoms with E-state index in [1.807, 2.05) is 12.1 Å². The molecule has 2 aromatic rings. The number of hydrogen-bond acceptors (Lipinski definition) is 7. The summed E-state index contributed by atoms with van der Waals surface area (Å²) in [6, 6.07) is 3.97. The molecule has 2 aliphatic carbocycles. The first-order chi connectivity index (χ1) is 14.2. The van der Waals surface area contributed by atoms with E-state index in [1.54, 1.807) is 7.11 Å². The highest BCUT2D eigenvalue weighted by Gasteiger charge is 2.25. The Hall–Kier alpha value is -2.10. The standard InChI is InChI=1S/C20H28N4O4S/c1-27-18-10-15-17(11-19(18)28-9-3-8-22-24-29(25)26)23-16-5-2-4-14(16)20(15)21-12-13-6-7-13/h10-11,13,22,29H,2-9,12H2,1H3,(H,21,23)(H,24,25,26). The molecular formula is C20H28N4O4S. The van der Waals surface area contributed by atoms with Gasteiger partial charge >= 0.3 is 0 Å². The largest absolute Gasteiger partial charge is 0.493 e. The number of nitrogens with zero attached hydrogens (tertiary/aromatic N) is 1. The van der Waals surface area contributed by atoms with Crippen molar-refractivity contribution in [1.82, 2.24) is 15.2 Å². The number of nitrogens with one attached hydrogen (secondary N) is 3. The molecule has 4 rings (SSSR count). The van der Waals surface area contributed by atoms with Gasteiger partial charge in [0.2, 0.25) is 10.9 Å². The molecule has 0 saturated heterocycles. The Morgan fingerprint density at radius 1 is 1.21 bits per heavy atom. The minimum atomic E-state index is -2.64. The molecular weight excluding hydrogens is 392 g/mol. The van der Waals surface area contributed by atoms with Crippen LogP contribution < -0.4 is 25.0 Å². The molecule has 1 heterocycles. The number of aryl methyl sites for hydroxylation is 1. The summed E-state index contributed by atoms with van der Waals surface area (Å²) in [6.45, 7) is 1.92. The van der Waals surface area contributed by atoms with Crippen LogP contribution >= 0.6 is 0 Å². The third-order valence-electron chi connectivity index (χ3n) is 5.44. The fraction of sp³-hybridized carbons (Fsp3) is 0.550. The van der Waals surface area contributed by atoms with Gasteiger partial charge in [0.15, 0.2) is 11.5 Å². The lowest BCUT2D eigenvalue weighted by Gasteiger charge is -2.17. The molecule has 2 aliphatic rings. The molecule has 1 fully saturated rings. The van der Waals surface area contributed by atoms with Gasteiger partial charge in [-0.1, -0.05) is 0 Å². The van der Waals surface area contributed by atoms with Crippen LogP contribution in [-0.2, 0) is 23.7 Å². The van der Waals surface area contributed by atoms with Crippen LogP contribution in [-0.4, -0.2) is 40.2 Å². The van der Waals surface area contributed by atoms with E-state index >= 15 is 0 Å². The van der Waals surface area contributed by atoms with Crippen molar-refractivity contribution in [2.24, 2.45) is 5.92 Å². The number of thiol groups is 1. The summed E-state index contributed by atoms with van der Waals surface area (Å²) in [5.41, 5.74) is 7.28. The Kier molecular flexibility index (Phi) is 6.37. The highest BCUT2D eigenvalue weighted by molar-refractivity contribution is 7.70. The van der Waals surface area contributed by atoms with E-state index in [-0.39, 0.29) is 0 Å². The number of anilines is 1. The third kappa shape index (κ3) is 4.91. The van der Waals surface area contributed by atoms with Crippen LogP contribution in [0.1, 0.15) is 36.9 Å². The molecule has 1 aromatic heterocycles. The lowest BCUT2D eigenvalue weighted by atomic mass is 10.1. The smallest absolute Gasteiger partial charge is 0.214 e. The van der Waals surface area contributed by atoms with Gasteiger partial charge in [-0.25, -0.2) is 13.8 Å². The fourth-order valence-electron chi connectivity index (χ4n) is 3.78. The number of methoxy groups -OCH3 is 1. The monoisotopic (exact) mass is 420 g/mol. The maximum absolute atomic E-state index is 10.5. The molecule has 9 heteroatoms. The summed E-state index contributed by atoms with van der Waals surface area (Å²) >= 11 is 0. The van der Waals surface area contributed by atoms with Gasteiger partial charge in [-0.15, -0.1) is 0 Å². The number of hydrogen-bond donors (Lipinski definition) is 4. The Morgan fingerprint density at radius 3 is 2.83 bits per heavy atom. The van der Waals surface area contributed by atoms with E-state index in [0.29, 0.717) is 31.1 Å². The Balaban J connectivity index is 1.54. The first-order valence-electron chi connectivity index (χ1n) is 10.2. The molecule has 8 nitrogen and oxygen atoms in total. The van der Waals surface area contributed by atoms with Gasteiger partial charge in [-0.05, 0) is 56.1 Å². The van der Waals surface area contributed by atoms with Gasteiger partial charge in [0.25, 0.3) is 0 Å². The van der Waals surface area contributed by atoms with Crippen molar-refractivity contribution in [3.63, 3.8) is 0 Å². The van der Waals surface area contributed by atoms with Crippen molar-refractivity contribution in [3.05, 3.63) is 23.4 Å². The average molecular weight is 421 g/mol. The molecule has 0 amide bonds. The second-order valence-corrected chi connectivity index (χ2v) is 8.35. The minimum Gasteiger partial charge on any atom is -0.493 e. The third-order valence-corrected chi connectivity index (χ3v) is 5.78. The number of fused-ring (bicyclic) bond motifs is 2.